The zero-order chi connectivity index (χ0) is 10.8. The summed E-state index contributed by atoms with van der Waals surface area (Å²) in [7, 11) is 1.93. The van der Waals surface area contributed by atoms with Crippen molar-refractivity contribution < 1.29 is 4.79 Å². The van der Waals surface area contributed by atoms with Crippen molar-refractivity contribution in [3.63, 3.8) is 0 Å². The molecule has 3 nitrogen and oxygen atoms in total. The largest absolute Gasteiger partial charge is 0.370 e. The molecule has 1 fully saturated rings. The van der Waals surface area contributed by atoms with E-state index in [-0.39, 0.29) is 11.4 Å². The van der Waals surface area contributed by atoms with Crippen LogP contribution in [0.1, 0.15) is 46.0 Å². The van der Waals surface area contributed by atoms with Gasteiger partial charge in [-0.05, 0) is 31.7 Å². The summed E-state index contributed by atoms with van der Waals surface area (Å²) in [5.74, 6) is -0.197. The molecule has 0 aromatic carbocycles. The molecule has 0 saturated heterocycles. The van der Waals surface area contributed by atoms with Crippen LogP contribution >= 0.6 is 0 Å². The molecule has 0 aromatic rings. The third kappa shape index (κ3) is 2.71. The first kappa shape index (κ1) is 11.5. The van der Waals surface area contributed by atoms with Gasteiger partial charge in [-0.1, -0.05) is 20.3 Å². The first-order chi connectivity index (χ1) is 6.39. The Labute approximate surface area is 86.4 Å². The molecular weight excluding hydrogens is 176 g/mol. The SMILES string of the molecule is CNC1(CC(N)=O)CCCC(C)(C)C1. The van der Waals surface area contributed by atoms with Gasteiger partial charge in [0.1, 0.15) is 0 Å². The van der Waals surface area contributed by atoms with Crippen LogP contribution in [0.4, 0.5) is 0 Å². The van der Waals surface area contributed by atoms with Crippen molar-refractivity contribution in [2.45, 2.75) is 51.5 Å². The van der Waals surface area contributed by atoms with Gasteiger partial charge in [0.05, 0.1) is 0 Å². The zero-order valence-corrected chi connectivity index (χ0v) is 9.52. The summed E-state index contributed by atoms with van der Waals surface area (Å²) in [5.41, 5.74) is 5.58. The Morgan fingerprint density at radius 1 is 1.43 bits per heavy atom. The summed E-state index contributed by atoms with van der Waals surface area (Å²) < 4.78 is 0. The summed E-state index contributed by atoms with van der Waals surface area (Å²) in [6.45, 7) is 4.53. The molecule has 3 N–H and O–H groups in total. The lowest BCUT2D eigenvalue weighted by molar-refractivity contribution is -0.120. The van der Waals surface area contributed by atoms with Crippen LogP contribution in [0.15, 0.2) is 0 Å². The first-order valence-corrected chi connectivity index (χ1v) is 5.36. The third-order valence-corrected chi connectivity index (χ3v) is 3.37. The highest BCUT2D eigenvalue weighted by Gasteiger charge is 2.39. The van der Waals surface area contributed by atoms with E-state index >= 15 is 0 Å². The molecular formula is C11H22N2O. The van der Waals surface area contributed by atoms with Crippen LogP contribution in [-0.2, 0) is 4.79 Å². The Morgan fingerprint density at radius 3 is 2.50 bits per heavy atom. The fourth-order valence-corrected chi connectivity index (χ4v) is 2.78. The van der Waals surface area contributed by atoms with E-state index < -0.39 is 0 Å². The molecule has 1 rings (SSSR count). The molecule has 0 aromatic heterocycles. The number of amides is 1. The Kier molecular flexibility index (Phi) is 3.20. The number of hydrogen-bond acceptors (Lipinski definition) is 2. The van der Waals surface area contributed by atoms with E-state index in [1.54, 1.807) is 0 Å². The average Bonchev–Trinajstić information content (AvgIpc) is 2.01. The highest BCUT2D eigenvalue weighted by Crippen LogP contribution is 2.42. The second-order valence-corrected chi connectivity index (χ2v) is 5.37. The number of rotatable bonds is 3. The fourth-order valence-electron chi connectivity index (χ4n) is 2.78. The number of nitrogens with two attached hydrogens (primary N) is 1. The molecule has 82 valence electrons. The van der Waals surface area contributed by atoms with Gasteiger partial charge in [-0.25, -0.2) is 0 Å². The maximum atomic E-state index is 11.0. The second-order valence-electron chi connectivity index (χ2n) is 5.37. The van der Waals surface area contributed by atoms with Crippen LogP contribution in [0.25, 0.3) is 0 Å². The Bertz CT molecular complexity index is 225. The van der Waals surface area contributed by atoms with Crippen LogP contribution in [0.3, 0.4) is 0 Å². The van der Waals surface area contributed by atoms with Gasteiger partial charge in [0.2, 0.25) is 5.91 Å². The predicted molar refractivity (Wildman–Crippen MR) is 57.9 cm³/mol. The molecule has 0 aliphatic heterocycles. The number of carbonyl (C=O) groups is 1. The van der Waals surface area contributed by atoms with Gasteiger partial charge in [0.25, 0.3) is 0 Å². The van der Waals surface area contributed by atoms with E-state index in [1.165, 1.54) is 12.8 Å². The summed E-state index contributed by atoms with van der Waals surface area (Å²) in [6.07, 6.45) is 5.00. The normalized spacial score (nSPS) is 31.4. The maximum absolute atomic E-state index is 11.0. The smallest absolute Gasteiger partial charge is 0.219 e. The van der Waals surface area contributed by atoms with E-state index in [0.717, 1.165) is 12.8 Å². The van der Waals surface area contributed by atoms with Crippen molar-refractivity contribution >= 4 is 5.91 Å². The molecule has 0 bridgehead atoms. The van der Waals surface area contributed by atoms with Crippen molar-refractivity contribution in [3.8, 4) is 0 Å². The molecule has 1 aliphatic rings. The van der Waals surface area contributed by atoms with Crippen molar-refractivity contribution in [1.29, 1.82) is 0 Å². The monoisotopic (exact) mass is 198 g/mol. The molecule has 14 heavy (non-hydrogen) atoms. The van der Waals surface area contributed by atoms with Gasteiger partial charge in [0.15, 0.2) is 0 Å². The van der Waals surface area contributed by atoms with Gasteiger partial charge >= 0.3 is 0 Å². The third-order valence-electron chi connectivity index (χ3n) is 3.37. The van der Waals surface area contributed by atoms with Crippen molar-refractivity contribution in [1.82, 2.24) is 5.32 Å². The summed E-state index contributed by atoms with van der Waals surface area (Å²) in [6, 6.07) is 0. The maximum Gasteiger partial charge on any atom is 0.219 e. The quantitative estimate of drug-likeness (QED) is 0.720. The Morgan fingerprint density at radius 2 is 2.07 bits per heavy atom. The molecule has 3 heteroatoms. The lowest BCUT2D eigenvalue weighted by atomic mass is 9.67. The minimum absolute atomic E-state index is 0.0480. The topological polar surface area (TPSA) is 55.1 Å². The predicted octanol–water partition coefficient (Wildman–Crippen LogP) is 1.42. The lowest BCUT2D eigenvalue weighted by Crippen LogP contribution is -2.51. The molecule has 1 atom stereocenters. The highest BCUT2D eigenvalue weighted by molar-refractivity contribution is 5.75. The lowest BCUT2D eigenvalue weighted by Gasteiger charge is -2.44. The summed E-state index contributed by atoms with van der Waals surface area (Å²) in [4.78, 5) is 11.0. The minimum Gasteiger partial charge on any atom is -0.370 e. The molecule has 0 heterocycles. The fraction of sp³-hybridized carbons (Fsp3) is 0.909. The van der Waals surface area contributed by atoms with Crippen LogP contribution in [0, 0.1) is 5.41 Å². The molecule has 1 unspecified atom stereocenters. The summed E-state index contributed by atoms with van der Waals surface area (Å²) >= 11 is 0. The van der Waals surface area contributed by atoms with Gasteiger partial charge in [-0.15, -0.1) is 0 Å². The molecule has 0 radical (unpaired) electrons. The molecule has 1 aliphatic carbocycles. The van der Waals surface area contributed by atoms with Crippen LogP contribution in [0.2, 0.25) is 0 Å². The van der Waals surface area contributed by atoms with Crippen LogP contribution in [0.5, 0.6) is 0 Å². The van der Waals surface area contributed by atoms with E-state index in [2.05, 4.69) is 19.2 Å². The second kappa shape index (κ2) is 3.89. The number of primary amides is 1. The van der Waals surface area contributed by atoms with Crippen molar-refractivity contribution in [2.75, 3.05) is 7.05 Å². The number of hydrogen-bond donors (Lipinski definition) is 2. The number of carbonyl (C=O) groups excluding carboxylic acids is 1. The standard InChI is InChI=1S/C11H22N2O/c1-10(2)5-4-6-11(8-10,13-3)7-9(12)14/h13H,4-8H2,1-3H3,(H2,12,14). The Balaban J connectivity index is 2.73. The molecule has 0 spiro atoms. The van der Waals surface area contributed by atoms with Gasteiger partial charge in [-0.3, -0.25) is 4.79 Å². The highest BCUT2D eigenvalue weighted by atomic mass is 16.1. The molecule has 1 amide bonds. The van der Waals surface area contributed by atoms with E-state index in [9.17, 15) is 4.79 Å². The van der Waals surface area contributed by atoms with Gasteiger partial charge in [0, 0.05) is 12.0 Å². The van der Waals surface area contributed by atoms with E-state index in [1.807, 2.05) is 7.05 Å². The van der Waals surface area contributed by atoms with Crippen molar-refractivity contribution in [2.24, 2.45) is 11.1 Å². The number of nitrogens with one attached hydrogen (secondary N) is 1. The van der Waals surface area contributed by atoms with Gasteiger partial charge in [-0.2, -0.15) is 0 Å². The van der Waals surface area contributed by atoms with E-state index in [4.69, 9.17) is 5.73 Å². The van der Waals surface area contributed by atoms with Crippen LogP contribution < -0.4 is 11.1 Å². The molecule has 1 saturated carbocycles. The summed E-state index contributed by atoms with van der Waals surface area (Å²) in [5, 5.41) is 3.30. The average molecular weight is 198 g/mol. The van der Waals surface area contributed by atoms with E-state index in [0.29, 0.717) is 11.8 Å². The minimum atomic E-state index is -0.197. The Hall–Kier alpha value is -0.570. The first-order valence-electron chi connectivity index (χ1n) is 5.36. The zero-order valence-electron chi connectivity index (χ0n) is 9.52. The van der Waals surface area contributed by atoms with Crippen molar-refractivity contribution in [3.05, 3.63) is 0 Å². The van der Waals surface area contributed by atoms with Crippen LogP contribution in [-0.4, -0.2) is 18.5 Å². The van der Waals surface area contributed by atoms with Gasteiger partial charge < -0.3 is 11.1 Å².